The van der Waals surface area contributed by atoms with Gasteiger partial charge in [0, 0.05) is 5.39 Å². The van der Waals surface area contributed by atoms with Crippen LogP contribution in [0, 0.1) is 20.8 Å². The number of carbonyl (C=O) groups is 1. The quantitative estimate of drug-likeness (QED) is 0.755. The second-order valence-corrected chi connectivity index (χ2v) is 5.49. The van der Waals surface area contributed by atoms with E-state index in [1.807, 2.05) is 19.9 Å². The molecule has 3 rings (SSSR count). The van der Waals surface area contributed by atoms with Crippen molar-refractivity contribution in [2.75, 3.05) is 5.73 Å². The highest BCUT2D eigenvalue weighted by atomic mass is 16.1. The lowest BCUT2D eigenvalue weighted by Crippen LogP contribution is -2.13. The maximum absolute atomic E-state index is 11.3. The number of nitrogens with two attached hydrogens (primary N) is 2. The van der Waals surface area contributed by atoms with Crippen LogP contribution in [0.4, 0.5) is 5.82 Å². The lowest BCUT2D eigenvalue weighted by Gasteiger charge is -2.10. The van der Waals surface area contributed by atoms with E-state index in [2.05, 4.69) is 29.1 Å². The van der Waals surface area contributed by atoms with E-state index in [0.717, 1.165) is 22.0 Å². The smallest absolute Gasteiger partial charge is 0.254 e. The third kappa shape index (κ3) is 2.09. The van der Waals surface area contributed by atoms with E-state index < -0.39 is 5.91 Å². The van der Waals surface area contributed by atoms with Crippen LogP contribution in [0.2, 0.25) is 0 Å². The molecule has 2 heterocycles. The van der Waals surface area contributed by atoms with Gasteiger partial charge in [0.25, 0.3) is 5.91 Å². The first kappa shape index (κ1) is 14.1. The molecule has 0 saturated carbocycles. The number of anilines is 1. The van der Waals surface area contributed by atoms with Gasteiger partial charge in [0.05, 0.1) is 11.7 Å². The molecule has 1 aromatic carbocycles. The summed E-state index contributed by atoms with van der Waals surface area (Å²) in [6.45, 7) is 6.10. The first-order chi connectivity index (χ1) is 10.4. The minimum absolute atomic E-state index is 0.195. The average molecular weight is 295 g/mol. The Morgan fingerprint density at radius 3 is 2.50 bits per heavy atom. The number of nitrogens with zero attached hydrogens (tertiary/aromatic N) is 3. The van der Waals surface area contributed by atoms with E-state index in [9.17, 15) is 4.79 Å². The first-order valence-electron chi connectivity index (χ1n) is 6.90. The number of aromatic nitrogens is 3. The van der Waals surface area contributed by atoms with Gasteiger partial charge in [0.15, 0.2) is 5.82 Å². The summed E-state index contributed by atoms with van der Waals surface area (Å²) in [7, 11) is 0. The van der Waals surface area contributed by atoms with Gasteiger partial charge in [-0.1, -0.05) is 11.6 Å². The maximum Gasteiger partial charge on any atom is 0.254 e. The fourth-order valence-electron chi connectivity index (χ4n) is 2.67. The third-order valence-corrected chi connectivity index (χ3v) is 3.73. The molecule has 2 aromatic heterocycles. The topological polar surface area (TPSA) is 99.8 Å². The van der Waals surface area contributed by atoms with Crippen LogP contribution >= 0.6 is 0 Å². The van der Waals surface area contributed by atoms with Crippen LogP contribution in [0.5, 0.6) is 0 Å². The largest absolute Gasteiger partial charge is 0.383 e. The molecule has 0 spiro atoms. The Bertz CT molecular complexity index is 911. The number of carbonyl (C=O) groups excluding carboxylic acids is 1. The predicted octanol–water partition coefficient (Wildman–Crippen LogP) is 2.03. The van der Waals surface area contributed by atoms with Crippen molar-refractivity contribution in [3.05, 3.63) is 46.6 Å². The molecule has 6 nitrogen and oxygen atoms in total. The molecule has 3 aromatic rings. The summed E-state index contributed by atoms with van der Waals surface area (Å²) in [4.78, 5) is 16.0. The Hall–Kier alpha value is -2.89. The number of hydrogen-bond donors (Lipinski definition) is 2. The van der Waals surface area contributed by atoms with E-state index in [1.165, 1.54) is 16.4 Å². The van der Waals surface area contributed by atoms with Gasteiger partial charge in [0.1, 0.15) is 11.4 Å². The summed E-state index contributed by atoms with van der Waals surface area (Å²) in [5, 5.41) is 5.23. The highest BCUT2D eigenvalue weighted by Gasteiger charge is 2.15. The van der Waals surface area contributed by atoms with Crippen LogP contribution in [0.15, 0.2) is 24.4 Å². The lowest BCUT2D eigenvalue weighted by molar-refractivity contribution is 0.100. The van der Waals surface area contributed by atoms with Crippen LogP contribution in [-0.4, -0.2) is 20.7 Å². The van der Waals surface area contributed by atoms with E-state index in [0.29, 0.717) is 5.82 Å². The number of nitrogen functional groups attached to an aromatic ring is 1. The van der Waals surface area contributed by atoms with Crippen molar-refractivity contribution in [3.8, 4) is 5.82 Å². The van der Waals surface area contributed by atoms with E-state index in [-0.39, 0.29) is 11.4 Å². The second kappa shape index (κ2) is 4.84. The number of amides is 1. The molecule has 0 saturated heterocycles. The SMILES string of the molecule is Cc1cc(C)c2nc(-n3ncc(C(N)=O)c3N)cc(C)c2c1. The number of rotatable bonds is 2. The van der Waals surface area contributed by atoms with Crippen LogP contribution in [0.25, 0.3) is 16.7 Å². The highest BCUT2D eigenvalue weighted by molar-refractivity contribution is 5.97. The molecule has 0 aliphatic rings. The number of benzene rings is 1. The summed E-state index contributed by atoms with van der Waals surface area (Å²) in [6.07, 6.45) is 1.36. The number of hydrogen-bond acceptors (Lipinski definition) is 4. The van der Waals surface area contributed by atoms with Crippen LogP contribution in [-0.2, 0) is 0 Å². The Labute approximate surface area is 127 Å². The van der Waals surface area contributed by atoms with Crippen molar-refractivity contribution in [1.82, 2.24) is 14.8 Å². The van der Waals surface area contributed by atoms with Gasteiger partial charge in [0.2, 0.25) is 0 Å². The zero-order valence-electron chi connectivity index (χ0n) is 12.7. The maximum atomic E-state index is 11.3. The Morgan fingerprint density at radius 2 is 1.86 bits per heavy atom. The minimum atomic E-state index is -0.604. The second-order valence-electron chi connectivity index (χ2n) is 5.49. The van der Waals surface area contributed by atoms with E-state index in [1.54, 1.807) is 0 Å². The molecule has 0 aliphatic heterocycles. The number of primary amides is 1. The van der Waals surface area contributed by atoms with Gasteiger partial charge in [-0.15, -0.1) is 0 Å². The predicted molar refractivity (Wildman–Crippen MR) is 86.0 cm³/mol. The molecule has 0 unspecified atom stereocenters. The lowest BCUT2D eigenvalue weighted by atomic mass is 10.0. The normalized spacial score (nSPS) is 11.0. The third-order valence-electron chi connectivity index (χ3n) is 3.73. The molecule has 0 radical (unpaired) electrons. The molecule has 1 amide bonds. The fraction of sp³-hybridized carbons (Fsp3) is 0.188. The number of pyridine rings is 1. The molecular weight excluding hydrogens is 278 g/mol. The van der Waals surface area contributed by atoms with Crippen LogP contribution < -0.4 is 11.5 Å². The Balaban J connectivity index is 2.27. The van der Waals surface area contributed by atoms with Gasteiger partial charge in [-0.05, 0) is 44.0 Å². The van der Waals surface area contributed by atoms with E-state index in [4.69, 9.17) is 11.5 Å². The first-order valence-corrected chi connectivity index (χ1v) is 6.90. The van der Waals surface area contributed by atoms with Crippen molar-refractivity contribution >= 4 is 22.6 Å². The van der Waals surface area contributed by atoms with Crippen molar-refractivity contribution in [2.45, 2.75) is 20.8 Å². The highest BCUT2D eigenvalue weighted by Crippen LogP contribution is 2.25. The zero-order valence-corrected chi connectivity index (χ0v) is 12.7. The molecule has 0 bridgehead atoms. The van der Waals surface area contributed by atoms with Gasteiger partial charge in [-0.3, -0.25) is 4.79 Å². The van der Waals surface area contributed by atoms with Gasteiger partial charge >= 0.3 is 0 Å². The molecule has 0 fully saturated rings. The minimum Gasteiger partial charge on any atom is -0.383 e. The Kier molecular flexibility index (Phi) is 3.09. The molecule has 112 valence electrons. The molecule has 22 heavy (non-hydrogen) atoms. The summed E-state index contributed by atoms with van der Waals surface area (Å²) >= 11 is 0. The summed E-state index contributed by atoms with van der Waals surface area (Å²) < 4.78 is 1.44. The van der Waals surface area contributed by atoms with Crippen molar-refractivity contribution in [2.24, 2.45) is 5.73 Å². The Morgan fingerprint density at radius 1 is 1.14 bits per heavy atom. The zero-order chi connectivity index (χ0) is 16.0. The number of fused-ring (bicyclic) bond motifs is 1. The van der Waals surface area contributed by atoms with Gasteiger partial charge in [-0.2, -0.15) is 9.78 Å². The summed E-state index contributed by atoms with van der Waals surface area (Å²) in [5.74, 6) is 0.165. The molecule has 0 aliphatic carbocycles. The van der Waals surface area contributed by atoms with Gasteiger partial charge in [-0.25, -0.2) is 4.98 Å². The fourth-order valence-corrected chi connectivity index (χ4v) is 2.67. The van der Waals surface area contributed by atoms with Crippen LogP contribution in [0.3, 0.4) is 0 Å². The van der Waals surface area contributed by atoms with E-state index >= 15 is 0 Å². The summed E-state index contributed by atoms with van der Waals surface area (Å²) in [6, 6.07) is 6.09. The average Bonchev–Trinajstić information content (AvgIpc) is 2.81. The van der Waals surface area contributed by atoms with Crippen molar-refractivity contribution < 1.29 is 4.79 Å². The molecular formula is C16H17N5O. The van der Waals surface area contributed by atoms with Crippen molar-refractivity contribution in [3.63, 3.8) is 0 Å². The standard InChI is InChI=1S/C16H17N5O/c1-8-4-10(3)14-11(5-8)9(2)6-13(20-14)21-15(17)12(7-19-21)16(18)22/h4-7H,17H2,1-3H3,(H2,18,22). The van der Waals surface area contributed by atoms with Crippen molar-refractivity contribution in [1.29, 1.82) is 0 Å². The molecule has 0 atom stereocenters. The molecule has 6 heteroatoms. The van der Waals surface area contributed by atoms with Crippen LogP contribution in [0.1, 0.15) is 27.0 Å². The van der Waals surface area contributed by atoms with Gasteiger partial charge < -0.3 is 11.5 Å². The number of aryl methyl sites for hydroxylation is 3. The monoisotopic (exact) mass is 295 g/mol. The molecule has 4 N–H and O–H groups in total. The summed E-state index contributed by atoms with van der Waals surface area (Å²) in [5.41, 5.74) is 15.7.